The van der Waals surface area contributed by atoms with Crippen molar-refractivity contribution in [1.82, 2.24) is 10.3 Å². The Morgan fingerprint density at radius 3 is 2.56 bits per heavy atom. The van der Waals surface area contributed by atoms with Gasteiger partial charge < -0.3 is 5.32 Å². The van der Waals surface area contributed by atoms with E-state index in [2.05, 4.69) is 10.3 Å². The van der Waals surface area contributed by atoms with Crippen molar-refractivity contribution in [3.63, 3.8) is 0 Å². The Hall–Kier alpha value is -2.70. The van der Waals surface area contributed by atoms with Crippen molar-refractivity contribution in [2.24, 2.45) is 0 Å². The lowest BCUT2D eigenvalue weighted by Crippen LogP contribution is -2.31. The summed E-state index contributed by atoms with van der Waals surface area (Å²) in [4.78, 5) is 4.51. The van der Waals surface area contributed by atoms with Crippen molar-refractivity contribution in [3.8, 4) is 0 Å². The van der Waals surface area contributed by atoms with Crippen LogP contribution >= 0.6 is 0 Å². The third-order valence-corrected chi connectivity index (χ3v) is 6.70. The monoisotopic (exact) mass is 379 g/mol. The molecule has 2 heterocycles. The molecule has 1 aliphatic heterocycles. The number of para-hydroxylation sites is 1. The third-order valence-electron chi connectivity index (χ3n) is 4.80. The highest BCUT2D eigenvalue weighted by molar-refractivity contribution is 7.92. The zero-order valence-electron chi connectivity index (χ0n) is 14.8. The van der Waals surface area contributed by atoms with Crippen LogP contribution in [0.25, 0.3) is 0 Å². The molecule has 0 fully saturated rings. The molecule has 0 amide bonds. The van der Waals surface area contributed by atoms with Crippen molar-refractivity contribution >= 4 is 15.7 Å². The summed E-state index contributed by atoms with van der Waals surface area (Å²) in [5.41, 5.74) is 2.59. The zero-order chi connectivity index (χ0) is 18.7. The summed E-state index contributed by atoms with van der Waals surface area (Å²) < 4.78 is 28.2. The fourth-order valence-electron chi connectivity index (χ4n) is 3.46. The predicted octanol–water partition coefficient (Wildman–Crippen LogP) is 3.51. The number of benzene rings is 2. The van der Waals surface area contributed by atoms with E-state index in [1.54, 1.807) is 18.3 Å². The summed E-state index contributed by atoms with van der Waals surface area (Å²) in [5, 5.41) is 3.51. The number of hydrogen-bond acceptors (Lipinski definition) is 4. The Kier molecular flexibility index (Phi) is 4.92. The van der Waals surface area contributed by atoms with E-state index >= 15 is 0 Å². The second-order valence-corrected chi connectivity index (χ2v) is 8.36. The first-order valence-electron chi connectivity index (χ1n) is 8.95. The largest absolute Gasteiger partial charge is 0.306 e. The summed E-state index contributed by atoms with van der Waals surface area (Å²) in [7, 11) is -3.61. The van der Waals surface area contributed by atoms with Crippen LogP contribution in [0.15, 0.2) is 84.0 Å². The van der Waals surface area contributed by atoms with Gasteiger partial charge in [0, 0.05) is 31.5 Å². The Labute approximate surface area is 159 Å². The zero-order valence-corrected chi connectivity index (χ0v) is 15.6. The normalized spacial score (nSPS) is 18.5. The molecule has 27 heavy (non-hydrogen) atoms. The average Bonchev–Trinajstić information content (AvgIpc) is 2.82. The molecule has 5 nitrogen and oxygen atoms in total. The second kappa shape index (κ2) is 7.50. The van der Waals surface area contributed by atoms with Gasteiger partial charge in [-0.2, -0.15) is 0 Å². The van der Waals surface area contributed by atoms with Crippen molar-refractivity contribution in [1.29, 1.82) is 0 Å². The van der Waals surface area contributed by atoms with Crippen LogP contribution in [0.2, 0.25) is 0 Å². The summed E-state index contributed by atoms with van der Waals surface area (Å²) >= 11 is 0. The van der Waals surface area contributed by atoms with Gasteiger partial charge in [0.05, 0.1) is 10.6 Å². The molecule has 4 rings (SSSR count). The van der Waals surface area contributed by atoms with Gasteiger partial charge in [-0.25, -0.2) is 8.42 Å². The number of hydrogen-bond donors (Lipinski definition) is 1. The molecule has 2 aromatic carbocycles. The van der Waals surface area contributed by atoms with Crippen LogP contribution in [0.4, 0.5) is 5.69 Å². The summed E-state index contributed by atoms with van der Waals surface area (Å²) in [5.74, 6) is 0. The molecule has 1 aliphatic rings. The van der Waals surface area contributed by atoms with Crippen LogP contribution in [-0.2, 0) is 16.6 Å². The van der Waals surface area contributed by atoms with Gasteiger partial charge in [-0.05, 0) is 41.8 Å². The van der Waals surface area contributed by atoms with Gasteiger partial charge in [0.25, 0.3) is 10.0 Å². The average molecular weight is 379 g/mol. The maximum atomic E-state index is 13.3. The molecule has 0 saturated heterocycles. The van der Waals surface area contributed by atoms with Crippen molar-refractivity contribution in [2.45, 2.75) is 23.9 Å². The third kappa shape index (κ3) is 3.59. The smallest absolute Gasteiger partial charge is 0.264 e. The van der Waals surface area contributed by atoms with Crippen LogP contribution in [-0.4, -0.2) is 19.9 Å². The highest BCUT2D eigenvalue weighted by atomic mass is 32.2. The summed E-state index contributed by atoms with van der Waals surface area (Å²) in [6, 6.07) is 20.4. The Bertz CT molecular complexity index is 1010. The number of nitrogens with one attached hydrogen (secondary N) is 1. The number of nitrogens with zero attached hydrogens (tertiary/aromatic N) is 2. The quantitative estimate of drug-likeness (QED) is 0.753. The molecule has 6 heteroatoms. The summed E-state index contributed by atoms with van der Waals surface area (Å²) in [6.07, 6.45) is 4.25. The minimum Gasteiger partial charge on any atom is -0.306 e. The molecule has 0 spiro atoms. The SMILES string of the molecule is O=S1(=O)c2ccccc2[C@@H](NCc2cccnc2)CCN1c1ccccc1. The van der Waals surface area contributed by atoms with Crippen molar-refractivity contribution in [2.75, 3.05) is 10.8 Å². The molecule has 0 unspecified atom stereocenters. The van der Waals surface area contributed by atoms with E-state index < -0.39 is 10.0 Å². The second-order valence-electron chi connectivity index (χ2n) is 6.53. The Balaban J connectivity index is 1.69. The van der Waals surface area contributed by atoms with E-state index in [1.165, 1.54) is 4.31 Å². The van der Waals surface area contributed by atoms with Gasteiger partial charge in [0.15, 0.2) is 0 Å². The number of rotatable bonds is 4. The molecule has 0 radical (unpaired) electrons. The van der Waals surface area contributed by atoms with Gasteiger partial charge in [-0.15, -0.1) is 0 Å². The van der Waals surface area contributed by atoms with Crippen LogP contribution < -0.4 is 9.62 Å². The van der Waals surface area contributed by atoms with E-state index in [0.717, 1.165) is 11.1 Å². The lowest BCUT2D eigenvalue weighted by atomic mass is 10.0. The minimum atomic E-state index is -3.61. The molecule has 0 aliphatic carbocycles. The standard InChI is InChI=1S/C21H21N3O2S/c25-27(26)21-11-5-4-10-19(21)20(23-16-17-7-6-13-22-15-17)12-14-24(27)18-8-2-1-3-9-18/h1-11,13,15,20,23H,12,14,16H2/t20-/m0/s1. The van der Waals surface area contributed by atoms with Gasteiger partial charge >= 0.3 is 0 Å². The Morgan fingerprint density at radius 1 is 1.00 bits per heavy atom. The highest BCUT2D eigenvalue weighted by Gasteiger charge is 2.33. The predicted molar refractivity (Wildman–Crippen MR) is 106 cm³/mol. The maximum Gasteiger partial charge on any atom is 0.264 e. The summed E-state index contributed by atoms with van der Waals surface area (Å²) in [6.45, 7) is 1.06. The number of sulfonamides is 1. The molecule has 0 bridgehead atoms. The van der Waals surface area contributed by atoms with Crippen molar-refractivity contribution in [3.05, 3.63) is 90.3 Å². The number of anilines is 1. The molecular weight excluding hydrogens is 358 g/mol. The Morgan fingerprint density at radius 2 is 1.78 bits per heavy atom. The minimum absolute atomic E-state index is 0.0510. The number of pyridine rings is 1. The lowest BCUT2D eigenvalue weighted by molar-refractivity contribution is 0.503. The number of aromatic nitrogens is 1. The fraction of sp³-hybridized carbons (Fsp3) is 0.190. The van der Waals surface area contributed by atoms with Crippen LogP contribution in [0, 0.1) is 0 Å². The fourth-order valence-corrected chi connectivity index (χ4v) is 5.20. The van der Waals surface area contributed by atoms with Gasteiger partial charge in [0.2, 0.25) is 0 Å². The van der Waals surface area contributed by atoms with Gasteiger partial charge in [-0.3, -0.25) is 9.29 Å². The lowest BCUT2D eigenvalue weighted by Gasteiger charge is -2.22. The maximum absolute atomic E-state index is 13.3. The van der Waals surface area contributed by atoms with E-state index in [-0.39, 0.29) is 6.04 Å². The first-order valence-corrected chi connectivity index (χ1v) is 10.4. The van der Waals surface area contributed by atoms with E-state index in [4.69, 9.17) is 0 Å². The highest BCUT2D eigenvalue weighted by Crippen LogP contribution is 2.34. The number of fused-ring (bicyclic) bond motifs is 1. The first-order chi connectivity index (χ1) is 13.2. The molecule has 1 N–H and O–H groups in total. The van der Waals surface area contributed by atoms with Crippen LogP contribution in [0.3, 0.4) is 0 Å². The van der Waals surface area contributed by atoms with Gasteiger partial charge in [0.1, 0.15) is 0 Å². The molecule has 0 saturated carbocycles. The van der Waals surface area contributed by atoms with E-state index in [1.807, 2.05) is 60.8 Å². The van der Waals surface area contributed by atoms with Gasteiger partial charge in [-0.1, -0.05) is 42.5 Å². The molecule has 1 aromatic heterocycles. The van der Waals surface area contributed by atoms with E-state index in [0.29, 0.717) is 30.1 Å². The topological polar surface area (TPSA) is 62.3 Å². The first kappa shape index (κ1) is 17.7. The molecule has 1 atom stereocenters. The van der Waals surface area contributed by atoms with Crippen LogP contribution in [0.5, 0.6) is 0 Å². The van der Waals surface area contributed by atoms with E-state index in [9.17, 15) is 8.42 Å². The molecular formula is C21H21N3O2S. The van der Waals surface area contributed by atoms with Crippen LogP contribution in [0.1, 0.15) is 23.6 Å². The molecule has 3 aromatic rings. The molecule has 138 valence electrons. The van der Waals surface area contributed by atoms with Crippen molar-refractivity contribution < 1.29 is 8.42 Å².